The average Bonchev–Trinajstić information content (AvgIpc) is 3.57. The molecule has 8 nitrogen and oxygen atoms in total. The molecular weight excluding hydrogens is 500 g/mol. The molecule has 0 amide bonds. The van der Waals surface area contributed by atoms with Crippen molar-refractivity contribution in [1.29, 1.82) is 0 Å². The monoisotopic (exact) mass is 538 g/mol. The maximum Gasteiger partial charge on any atom is 0.162 e. The average molecular weight is 539 g/mol. The molecule has 5 rings (SSSR count). The molecule has 0 saturated carbocycles. The zero-order chi connectivity index (χ0) is 28.1. The molecule has 0 aliphatic heterocycles. The zero-order valence-electron chi connectivity index (χ0n) is 23.8. The van der Waals surface area contributed by atoms with Crippen LogP contribution in [-0.4, -0.2) is 83.4 Å². The summed E-state index contributed by atoms with van der Waals surface area (Å²) < 4.78 is 5.91. The number of carbonyl (C=O) groups is 1. The molecule has 0 atom stereocenters. The number of aromatic amines is 2. The van der Waals surface area contributed by atoms with E-state index in [0.29, 0.717) is 13.0 Å². The Balaban J connectivity index is 1.25. The highest BCUT2D eigenvalue weighted by Crippen LogP contribution is 2.27. The molecule has 2 N–H and O–H groups in total. The smallest absolute Gasteiger partial charge is 0.162 e. The van der Waals surface area contributed by atoms with Gasteiger partial charge in [-0.3, -0.25) is 4.79 Å². The lowest BCUT2D eigenvalue weighted by Crippen LogP contribution is -2.15. The van der Waals surface area contributed by atoms with Gasteiger partial charge in [-0.05, 0) is 84.3 Å². The van der Waals surface area contributed by atoms with Gasteiger partial charge in [0.05, 0.1) is 28.7 Å². The van der Waals surface area contributed by atoms with Gasteiger partial charge < -0.3 is 24.5 Å². The molecule has 2 heterocycles. The molecule has 8 heteroatoms. The second-order valence-corrected chi connectivity index (χ2v) is 10.8. The van der Waals surface area contributed by atoms with Crippen LogP contribution in [-0.2, 0) is 0 Å². The number of unbranched alkanes of at least 4 members (excludes halogenated alkanes) is 1. The number of hydrogen-bond acceptors (Lipinski definition) is 6. The fourth-order valence-corrected chi connectivity index (χ4v) is 4.75. The Morgan fingerprint density at radius 1 is 0.725 bits per heavy atom. The summed E-state index contributed by atoms with van der Waals surface area (Å²) in [5.74, 6) is 2.60. The van der Waals surface area contributed by atoms with Crippen LogP contribution in [0.25, 0.3) is 44.8 Å². The van der Waals surface area contributed by atoms with Gasteiger partial charge in [-0.25, -0.2) is 9.97 Å². The molecular formula is C32H38N6O2. The van der Waals surface area contributed by atoms with E-state index in [9.17, 15) is 4.79 Å². The number of nitrogens with one attached hydrogen (secondary N) is 2. The van der Waals surface area contributed by atoms with Crippen LogP contribution in [0, 0.1) is 0 Å². The summed E-state index contributed by atoms with van der Waals surface area (Å²) in [5.41, 5.74) is 6.27. The first-order valence-corrected chi connectivity index (χ1v) is 13.9. The first-order valence-electron chi connectivity index (χ1n) is 13.9. The van der Waals surface area contributed by atoms with Gasteiger partial charge in [0.15, 0.2) is 5.78 Å². The van der Waals surface area contributed by atoms with E-state index in [2.05, 4.69) is 48.0 Å². The van der Waals surface area contributed by atoms with Gasteiger partial charge in [-0.2, -0.15) is 0 Å². The Bertz CT molecular complexity index is 1580. The Morgan fingerprint density at radius 2 is 1.30 bits per heavy atom. The summed E-state index contributed by atoms with van der Waals surface area (Å²) in [6.07, 6.45) is 3.46. The van der Waals surface area contributed by atoms with Crippen LogP contribution in [0.1, 0.15) is 36.0 Å². The van der Waals surface area contributed by atoms with Crippen LogP contribution in [0.5, 0.6) is 5.75 Å². The fourth-order valence-electron chi connectivity index (χ4n) is 4.75. The largest absolute Gasteiger partial charge is 0.493 e. The van der Waals surface area contributed by atoms with E-state index in [1.165, 1.54) is 0 Å². The van der Waals surface area contributed by atoms with Gasteiger partial charge in [-0.15, -0.1) is 0 Å². The topological polar surface area (TPSA) is 90.1 Å². The van der Waals surface area contributed by atoms with Crippen molar-refractivity contribution in [2.24, 2.45) is 0 Å². The number of carbonyl (C=O) groups excluding carboxylic acids is 1. The lowest BCUT2D eigenvalue weighted by atomic mass is 10.0. The van der Waals surface area contributed by atoms with Gasteiger partial charge >= 0.3 is 0 Å². The van der Waals surface area contributed by atoms with Crippen molar-refractivity contribution in [2.45, 2.75) is 25.7 Å². The number of hydrogen-bond donors (Lipinski definition) is 2. The molecule has 0 aliphatic carbocycles. The highest BCUT2D eigenvalue weighted by atomic mass is 16.5. The minimum absolute atomic E-state index is 0.176. The second-order valence-electron chi connectivity index (χ2n) is 10.8. The molecule has 40 heavy (non-hydrogen) atoms. The summed E-state index contributed by atoms with van der Waals surface area (Å²) in [7, 11) is 8.24. The van der Waals surface area contributed by atoms with E-state index < -0.39 is 0 Å². The molecule has 0 unspecified atom stereocenters. The van der Waals surface area contributed by atoms with Gasteiger partial charge in [-0.1, -0.05) is 24.3 Å². The SMILES string of the molecule is CN(C)CCCCC(=O)c1ccc2nc(-c3ccc(-c4nc5ccc(OCCCN(C)C)cc5[nH]4)cc3)[nH]c2c1. The maximum atomic E-state index is 12.7. The van der Waals surface area contributed by atoms with E-state index >= 15 is 0 Å². The van der Waals surface area contributed by atoms with Gasteiger partial charge in [0, 0.05) is 35.7 Å². The summed E-state index contributed by atoms with van der Waals surface area (Å²) in [4.78, 5) is 33.3. The van der Waals surface area contributed by atoms with Crippen LogP contribution < -0.4 is 4.74 Å². The first-order chi connectivity index (χ1) is 19.4. The molecule has 0 spiro atoms. The van der Waals surface area contributed by atoms with E-state index in [4.69, 9.17) is 14.7 Å². The predicted molar refractivity (Wildman–Crippen MR) is 162 cm³/mol. The Kier molecular flexibility index (Phi) is 8.57. The molecule has 208 valence electrons. The van der Waals surface area contributed by atoms with Crippen molar-refractivity contribution < 1.29 is 9.53 Å². The van der Waals surface area contributed by atoms with E-state index in [1.54, 1.807) is 0 Å². The van der Waals surface area contributed by atoms with E-state index in [1.807, 2.05) is 60.7 Å². The minimum Gasteiger partial charge on any atom is -0.493 e. The van der Waals surface area contributed by atoms with E-state index in [0.717, 1.165) is 88.5 Å². The highest BCUT2D eigenvalue weighted by Gasteiger charge is 2.12. The molecule has 5 aromatic rings. The molecule has 0 bridgehead atoms. The van der Waals surface area contributed by atoms with Crippen LogP contribution in [0.2, 0.25) is 0 Å². The molecule has 0 saturated heterocycles. The third-order valence-corrected chi connectivity index (χ3v) is 6.97. The molecule has 2 aromatic heterocycles. The number of nitrogens with zero attached hydrogens (tertiary/aromatic N) is 4. The van der Waals surface area contributed by atoms with Crippen LogP contribution in [0.3, 0.4) is 0 Å². The normalized spacial score (nSPS) is 11.8. The number of benzene rings is 3. The summed E-state index contributed by atoms with van der Waals surface area (Å²) in [6.45, 7) is 2.68. The van der Waals surface area contributed by atoms with Gasteiger partial charge in [0.25, 0.3) is 0 Å². The summed E-state index contributed by atoms with van der Waals surface area (Å²) in [5, 5.41) is 0. The van der Waals surface area contributed by atoms with Crippen molar-refractivity contribution in [3.05, 3.63) is 66.2 Å². The van der Waals surface area contributed by atoms with E-state index in [-0.39, 0.29) is 5.78 Å². The number of Topliss-reactive ketones (excluding diaryl/α,β-unsaturated/α-hetero) is 1. The number of ether oxygens (including phenoxy) is 1. The van der Waals surface area contributed by atoms with Crippen LogP contribution in [0.4, 0.5) is 0 Å². The number of ketones is 1. The Morgan fingerprint density at radius 3 is 1.93 bits per heavy atom. The number of H-pyrrole nitrogens is 2. The third-order valence-electron chi connectivity index (χ3n) is 6.97. The van der Waals surface area contributed by atoms with Crippen molar-refractivity contribution in [3.8, 4) is 28.5 Å². The van der Waals surface area contributed by atoms with Crippen LogP contribution >= 0.6 is 0 Å². The highest BCUT2D eigenvalue weighted by molar-refractivity contribution is 5.99. The first kappa shape index (κ1) is 27.6. The summed E-state index contributed by atoms with van der Waals surface area (Å²) >= 11 is 0. The van der Waals surface area contributed by atoms with Crippen molar-refractivity contribution in [1.82, 2.24) is 29.7 Å². The van der Waals surface area contributed by atoms with Gasteiger partial charge in [0.1, 0.15) is 17.4 Å². The van der Waals surface area contributed by atoms with Crippen molar-refractivity contribution in [2.75, 3.05) is 47.9 Å². The molecule has 0 fully saturated rings. The fraction of sp³-hybridized carbons (Fsp3) is 0.344. The maximum absolute atomic E-state index is 12.7. The Hall–Kier alpha value is -4.01. The standard InChI is InChI=1S/C32H38N6O2/c1-37(2)17-6-5-8-30(39)24-13-15-26-28(20-24)35-31(33-26)22-9-11-23(12-10-22)32-34-27-16-14-25(21-29(27)36-32)40-19-7-18-38(3)4/h9-16,20-21H,5-8,17-19H2,1-4H3,(H,33,35)(H,34,36). The number of fused-ring (bicyclic) bond motifs is 2. The van der Waals surface area contributed by atoms with Crippen molar-refractivity contribution in [3.63, 3.8) is 0 Å². The molecule has 0 radical (unpaired) electrons. The predicted octanol–water partition coefficient (Wildman–Crippen LogP) is 6.02. The number of aromatic nitrogens is 4. The lowest BCUT2D eigenvalue weighted by molar-refractivity contribution is 0.0978. The number of rotatable bonds is 13. The number of imidazole rings is 2. The quantitative estimate of drug-likeness (QED) is 0.141. The third kappa shape index (κ3) is 6.76. The minimum atomic E-state index is 0.176. The zero-order valence-corrected chi connectivity index (χ0v) is 23.8. The second kappa shape index (κ2) is 12.4. The van der Waals surface area contributed by atoms with Crippen molar-refractivity contribution >= 4 is 27.9 Å². The molecule has 0 aliphatic rings. The lowest BCUT2D eigenvalue weighted by Gasteiger charge is -2.10. The molecule has 3 aromatic carbocycles. The summed E-state index contributed by atoms with van der Waals surface area (Å²) in [6, 6.07) is 19.9. The Labute approximate surface area is 235 Å². The van der Waals surface area contributed by atoms with Gasteiger partial charge in [0.2, 0.25) is 0 Å². The van der Waals surface area contributed by atoms with Crippen LogP contribution in [0.15, 0.2) is 60.7 Å².